The Morgan fingerprint density at radius 2 is 2.00 bits per heavy atom. The topological polar surface area (TPSA) is 20.2 Å². The highest BCUT2D eigenvalue weighted by molar-refractivity contribution is 4.78. The zero-order chi connectivity index (χ0) is 8.69. The van der Waals surface area contributed by atoms with Crippen LogP contribution in [0.1, 0.15) is 26.2 Å². The Bertz CT molecular complexity index is 118. The van der Waals surface area contributed by atoms with E-state index in [1.54, 1.807) is 6.08 Å². The van der Waals surface area contributed by atoms with Crippen LogP contribution in [-0.4, -0.2) is 11.2 Å². The number of rotatable bonds is 6. The van der Waals surface area contributed by atoms with Gasteiger partial charge in [0, 0.05) is 0 Å². The molecule has 1 unspecified atom stereocenters. The molecule has 0 aliphatic heterocycles. The molecule has 0 aromatic rings. The van der Waals surface area contributed by atoms with E-state index in [1.165, 1.54) is 0 Å². The van der Waals surface area contributed by atoms with Crippen LogP contribution in [0.4, 0.5) is 0 Å². The summed E-state index contributed by atoms with van der Waals surface area (Å²) < 4.78 is 0. The fourth-order valence-corrected chi connectivity index (χ4v) is 0.883. The van der Waals surface area contributed by atoms with E-state index in [1.807, 2.05) is 6.08 Å². The van der Waals surface area contributed by atoms with Crippen LogP contribution in [0, 0.1) is 5.92 Å². The van der Waals surface area contributed by atoms with Gasteiger partial charge in [-0.3, -0.25) is 0 Å². The predicted octanol–water partition coefficient (Wildman–Crippen LogP) is 2.53. The molecule has 0 spiro atoms. The molecule has 0 bridgehead atoms. The smallest absolute Gasteiger partial charge is 0.0574 e. The summed E-state index contributed by atoms with van der Waals surface area (Å²) in [6.45, 7) is 9.36. The fraction of sp³-hybridized carbons (Fsp3) is 0.600. The first-order valence-corrected chi connectivity index (χ1v) is 4.12. The lowest BCUT2D eigenvalue weighted by atomic mass is 10.0. The van der Waals surface area contributed by atoms with E-state index in [2.05, 4.69) is 20.1 Å². The van der Waals surface area contributed by atoms with E-state index in [0.29, 0.717) is 12.3 Å². The van der Waals surface area contributed by atoms with Gasteiger partial charge in [-0.2, -0.15) is 0 Å². The Balaban J connectivity index is 3.36. The molecule has 0 aromatic carbocycles. The molecule has 1 N–H and O–H groups in total. The third-order valence-corrected chi connectivity index (χ3v) is 1.80. The summed E-state index contributed by atoms with van der Waals surface area (Å²) in [5.41, 5.74) is 0. The molecule has 1 nitrogen and oxygen atoms in total. The summed E-state index contributed by atoms with van der Waals surface area (Å²) in [5, 5.41) is 9.29. The summed E-state index contributed by atoms with van der Waals surface area (Å²) in [5.74, 6) is 0.509. The van der Waals surface area contributed by atoms with Gasteiger partial charge in [0.05, 0.1) is 6.10 Å². The minimum absolute atomic E-state index is 0.213. The van der Waals surface area contributed by atoms with Gasteiger partial charge in [-0.1, -0.05) is 19.1 Å². The highest BCUT2D eigenvalue weighted by Gasteiger charge is 2.03. The second-order valence-electron chi connectivity index (χ2n) is 2.97. The molecule has 0 rings (SSSR count). The summed E-state index contributed by atoms with van der Waals surface area (Å²) in [4.78, 5) is 0. The van der Waals surface area contributed by atoms with Gasteiger partial charge in [0.15, 0.2) is 0 Å². The second-order valence-corrected chi connectivity index (χ2v) is 2.97. The van der Waals surface area contributed by atoms with Crippen LogP contribution in [-0.2, 0) is 0 Å². The lowest BCUT2D eigenvalue weighted by Crippen LogP contribution is -2.06. The Morgan fingerprint density at radius 1 is 1.36 bits per heavy atom. The number of allylic oxidation sites excluding steroid dienone is 1. The molecule has 0 aliphatic rings. The molecule has 0 saturated heterocycles. The molecule has 0 heterocycles. The standard InChI is InChI=1S/C10H18O/c1-4-6-10(11)8-7-9(3)5-2/h4-5,9-11H,1-2,6-8H2,3H3/t9-,10?/m0/s1. The maximum atomic E-state index is 9.29. The van der Waals surface area contributed by atoms with E-state index >= 15 is 0 Å². The maximum Gasteiger partial charge on any atom is 0.0574 e. The highest BCUT2D eigenvalue weighted by Crippen LogP contribution is 2.10. The van der Waals surface area contributed by atoms with Gasteiger partial charge in [0.1, 0.15) is 0 Å². The Kier molecular flexibility index (Phi) is 5.86. The van der Waals surface area contributed by atoms with E-state index in [0.717, 1.165) is 12.8 Å². The van der Waals surface area contributed by atoms with Crippen molar-refractivity contribution < 1.29 is 5.11 Å². The summed E-state index contributed by atoms with van der Waals surface area (Å²) in [6, 6.07) is 0. The highest BCUT2D eigenvalue weighted by atomic mass is 16.3. The molecule has 1 heteroatoms. The van der Waals surface area contributed by atoms with Gasteiger partial charge < -0.3 is 5.11 Å². The third-order valence-electron chi connectivity index (χ3n) is 1.80. The summed E-state index contributed by atoms with van der Waals surface area (Å²) >= 11 is 0. The van der Waals surface area contributed by atoms with Crippen molar-refractivity contribution in [1.82, 2.24) is 0 Å². The van der Waals surface area contributed by atoms with E-state index in [4.69, 9.17) is 0 Å². The minimum atomic E-state index is -0.213. The lowest BCUT2D eigenvalue weighted by molar-refractivity contribution is 0.161. The molecular formula is C10H18O. The number of aliphatic hydroxyl groups is 1. The van der Waals surface area contributed by atoms with Gasteiger partial charge in [-0.15, -0.1) is 13.2 Å². The van der Waals surface area contributed by atoms with Crippen molar-refractivity contribution in [2.45, 2.75) is 32.3 Å². The fourth-order valence-electron chi connectivity index (χ4n) is 0.883. The van der Waals surface area contributed by atoms with Crippen molar-refractivity contribution in [3.05, 3.63) is 25.3 Å². The number of aliphatic hydroxyl groups excluding tert-OH is 1. The van der Waals surface area contributed by atoms with E-state index in [9.17, 15) is 5.11 Å². The molecule has 0 fully saturated rings. The first kappa shape index (κ1) is 10.4. The van der Waals surface area contributed by atoms with E-state index < -0.39 is 0 Å². The van der Waals surface area contributed by atoms with Gasteiger partial charge in [0.2, 0.25) is 0 Å². The first-order chi connectivity index (χ1) is 5.20. The van der Waals surface area contributed by atoms with Gasteiger partial charge in [-0.05, 0) is 25.2 Å². The summed E-state index contributed by atoms with van der Waals surface area (Å²) in [7, 11) is 0. The Labute approximate surface area is 69.4 Å². The van der Waals surface area contributed by atoms with Crippen molar-refractivity contribution in [3.8, 4) is 0 Å². The molecule has 11 heavy (non-hydrogen) atoms. The van der Waals surface area contributed by atoms with Crippen LogP contribution < -0.4 is 0 Å². The largest absolute Gasteiger partial charge is 0.393 e. The first-order valence-electron chi connectivity index (χ1n) is 4.12. The van der Waals surface area contributed by atoms with Crippen LogP contribution in [0.2, 0.25) is 0 Å². The molecule has 0 amide bonds. The normalized spacial score (nSPS) is 15.5. The van der Waals surface area contributed by atoms with Crippen LogP contribution in [0.3, 0.4) is 0 Å². The van der Waals surface area contributed by atoms with Crippen molar-refractivity contribution >= 4 is 0 Å². The van der Waals surface area contributed by atoms with Gasteiger partial charge >= 0.3 is 0 Å². The monoisotopic (exact) mass is 154 g/mol. The van der Waals surface area contributed by atoms with Crippen molar-refractivity contribution in [2.24, 2.45) is 5.92 Å². The average molecular weight is 154 g/mol. The Morgan fingerprint density at radius 3 is 2.45 bits per heavy atom. The molecule has 2 atom stereocenters. The van der Waals surface area contributed by atoms with Crippen molar-refractivity contribution in [2.75, 3.05) is 0 Å². The molecule has 64 valence electrons. The van der Waals surface area contributed by atoms with Crippen LogP contribution >= 0.6 is 0 Å². The Hall–Kier alpha value is -0.560. The van der Waals surface area contributed by atoms with Gasteiger partial charge in [0.25, 0.3) is 0 Å². The van der Waals surface area contributed by atoms with Crippen LogP contribution in [0.5, 0.6) is 0 Å². The zero-order valence-corrected chi connectivity index (χ0v) is 7.29. The molecular weight excluding hydrogens is 136 g/mol. The number of hydrogen-bond donors (Lipinski definition) is 1. The molecule has 0 aliphatic carbocycles. The van der Waals surface area contributed by atoms with Crippen molar-refractivity contribution in [1.29, 1.82) is 0 Å². The van der Waals surface area contributed by atoms with Crippen molar-refractivity contribution in [3.63, 3.8) is 0 Å². The third kappa shape index (κ3) is 5.86. The predicted molar refractivity (Wildman–Crippen MR) is 49.4 cm³/mol. The molecule has 0 aromatic heterocycles. The zero-order valence-electron chi connectivity index (χ0n) is 7.29. The van der Waals surface area contributed by atoms with Crippen LogP contribution in [0.15, 0.2) is 25.3 Å². The van der Waals surface area contributed by atoms with Crippen LogP contribution in [0.25, 0.3) is 0 Å². The SMILES string of the molecule is C=CCC(O)CC[C@@H](C)C=C. The second kappa shape index (κ2) is 6.17. The average Bonchev–Trinajstić information content (AvgIpc) is 2.01. The quantitative estimate of drug-likeness (QED) is 0.583. The lowest BCUT2D eigenvalue weighted by Gasteiger charge is -2.09. The maximum absolute atomic E-state index is 9.29. The van der Waals surface area contributed by atoms with E-state index in [-0.39, 0.29) is 6.10 Å². The number of hydrogen-bond acceptors (Lipinski definition) is 1. The molecule has 0 radical (unpaired) electrons. The van der Waals surface area contributed by atoms with Gasteiger partial charge in [-0.25, -0.2) is 0 Å². The summed E-state index contributed by atoms with van der Waals surface area (Å²) in [6.07, 6.45) is 6.01. The molecule has 0 saturated carbocycles. The minimum Gasteiger partial charge on any atom is -0.393 e.